The first-order valence-electron chi connectivity index (χ1n) is 35.8. The third-order valence-corrected chi connectivity index (χ3v) is 16.2. The number of phosphoric acid groups is 1. The Morgan fingerprint density at radius 1 is 0.409 bits per heavy atom. The van der Waals surface area contributed by atoms with Gasteiger partial charge in [0.05, 0.1) is 39.9 Å². The fourth-order valence-electron chi connectivity index (χ4n) is 9.69. The molecule has 0 fully saturated rings. The zero-order valence-corrected chi connectivity index (χ0v) is 58.3. The quantitative estimate of drug-likeness (QED) is 0.0272. The summed E-state index contributed by atoms with van der Waals surface area (Å²) < 4.78 is 23.4. The number of hydrogen-bond donors (Lipinski definition) is 2. The van der Waals surface area contributed by atoms with E-state index in [2.05, 4.69) is 165 Å². The van der Waals surface area contributed by atoms with E-state index < -0.39 is 26.6 Å². The van der Waals surface area contributed by atoms with E-state index in [1.54, 1.807) is 6.08 Å². The Kier molecular flexibility index (Phi) is 64.5. The van der Waals surface area contributed by atoms with Gasteiger partial charge >= 0.3 is 0 Å². The van der Waals surface area contributed by atoms with E-state index in [1.165, 1.54) is 141 Å². The van der Waals surface area contributed by atoms with Crippen molar-refractivity contribution >= 4 is 13.7 Å². The van der Waals surface area contributed by atoms with Crippen molar-refractivity contribution in [1.29, 1.82) is 0 Å². The molecule has 0 aromatic heterocycles. The van der Waals surface area contributed by atoms with Gasteiger partial charge in [0.1, 0.15) is 13.2 Å². The Morgan fingerprint density at radius 3 is 1.06 bits per heavy atom. The molecule has 0 saturated heterocycles. The number of rotatable bonds is 64. The van der Waals surface area contributed by atoms with Crippen LogP contribution in [0.3, 0.4) is 0 Å². The first kappa shape index (κ1) is 84.1. The van der Waals surface area contributed by atoms with Gasteiger partial charge in [0.2, 0.25) is 5.91 Å². The minimum atomic E-state index is -4.63. The molecule has 9 heteroatoms. The van der Waals surface area contributed by atoms with Crippen molar-refractivity contribution in [2.45, 2.75) is 296 Å². The highest BCUT2D eigenvalue weighted by Crippen LogP contribution is 2.38. The number of carbonyl (C=O) groups excluding carboxylic acids is 1. The normalized spacial score (nSPS) is 14.6. The zero-order valence-electron chi connectivity index (χ0n) is 57.4. The second-order valence-electron chi connectivity index (χ2n) is 24.8. The second kappa shape index (κ2) is 67.5. The molecule has 3 atom stereocenters. The minimum absolute atomic E-state index is 0.0170. The Balaban J connectivity index is 4.17. The predicted octanol–water partition coefficient (Wildman–Crippen LogP) is 22.7. The van der Waals surface area contributed by atoms with Crippen molar-refractivity contribution in [2.75, 3.05) is 40.9 Å². The minimum Gasteiger partial charge on any atom is -0.756 e. The fraction of sp³-hybridized carbons (Fsp3) is 0.658. The summed E-state index contributed by atoms with van der Waals surface area (Å²) in [6.45, 7) is 4.51. The van der Waals surface area contributed by atoms with Crippen LogP contribution in [0.1, 0.15) is 284 Å². The lowest BCUT2D eigenvalue weighted by atomic mass is 10.0. The van der Waals surface area contributed by atoms with Crippen LogP contribution in [0.2, 0.25) is 0 Å². The summed E-state index contributed by atoms with van der Waals surface area (Å²) in [5.41, 5.74) is 0. The molecule has 8 nitrogen and oxygen atoms in total. The summed E-state index contributed by atoms with van der Waals surface area (Å²) in [5, 5.41) is 13.9. The number of likely N-dealkylation sites (N-methyl/N-ethyl adjacent to an activating group) is 1. The molecule has 0 radical (unpaired) electrons. The second-order valence-corrected chi connectivity index (χ2v) is 26.2. The number of nitrogens with one attached hydrogen (secondary N) is 1. The Labute approximate surface area is 543 Å². The third-order valence-electron chi connectivity index (χ3n) is 15.2. The number of aliphatic hydroxyl groups is 1. The standard InChI is InChI=1S/C79H135N2O6P/c1-6-8-10-12-14-16-18-20-22-24-26-28-30-32-33-34-35-36-37-38-39-40-41-42-43-44-45-46-47-49-51-53-55-57-59-61-63-65-67-69-71-73-79(83)80-77(76-87-88(84,85)86-75-74-81(3,4)5)78(82)72-70-68-66-64-62-60-58-56-54-52-50-48-31-29-27-25-23-21-19-17-15-13-11-9-7-2/h8,10,14,16,20,22,26,28,32-33,35-36,38-39,41-42,44-45,47,49,54,56,62,64,70,72,77-78,82H,6-7,9,11-13,15,17-19,21,23-25,27,29-31,34,37,40,43,46,48,50-53,55,57-61,63,65-69,71,73-76H2,1-5H3,(H-,80,83,84,85)/b10-8-,16-14-,22-20-,28-26-,33-32-,36-35-,39-38-,42-41-,45-44-,49-47-,56-54+,64-62+,72-70+. The Hall–Kier alpha value is -3.88. The lowest BCUT2D eigenvalue weighted by Crippen LogP contribution is -2.45. The smallest absolute Gasteiger partial charge is 0.268 e. The third kappa shape index (κ3) is 69.6. The molecule has 0 rings (SSSR count). The van der Waals surface area contributed by atoms with Gasteiger partial charge in [-0.15, -0.1) is 0 Å². The maximum atomic E-state index is 13.0. The first-order valence-corrected chi connectivity index (χ1v) is 37.3. The molecule has 0 heterocycles. The van der Waals surface area contributed by atoms with Crippen LogP contribution < -0.4 is 10.2 Å². The number of phosphoric ester groups is 1. The maximum absolute atomic E-state index is 13.0. The summed E-state index contributed by atoms with van der Waals surface area (Å²) in [6.07, 6.45) is 105. The number of allylic oxidation sites excluding steroid dienone is 25. The number of unbranched alkanes of at least 4 members (excludes halogenated alkanes) is 27. The summed E-state index contributed by atoms with van der Waals surface area (Å²) >= 11 is 0. The van der Waals surface area contributed by atoms with Gasteiger partial charge in [-0.3, -0.25) is 9.36 Å². The average molecular weight is 1240 g/mol. The summed E-state index contributed by atoms with van der Waals surface area (Å²) in [6, 6.07) is -0.925. The van der Waals surface area contributed by atoms with Crippen molar-refractivity contribution in [1.82, 2.24) is 5.32 Å². The molecule has 88 heavy (non-hydrogen) atoms. The molecule has 0 aliphatic heterocycles. The number of nitrogens with zero attached hydrogens (tertiary/aromatic N) is 1. The van der Waals surface area contributed by atoms with E-state index in [9.17, 15) is 19.4 Å². The van der Waals surface area contributed by atoms with Gasteiger partial charge < -0.3 is 28.8 Å². The van der Waals surface area contributed by atoms with E-state index in [4.69, 9.17) is 9.05 Å². The van der Waals surface area contributed by atoms with Gasteiger partial charge in [0, 0.05) is 6.42 Å². The molecular weight excluding hydrogens is 1100 g/mol. The molecule has 0 aliphatic rings. The largest absolute Gasteiger partial charge is 0.756 e. The van der Waals surface area contributed by atoms with E-state index in [0.29, 0.717) is 17.4 Å². The lowest BCUT2D eigenvalue weighted by Gasteiger charge is -2.29. The number of carbonyl (C=O) groups is 1. The average Bonchev–Trinajstić information content (AvgIpc) is 3.71. The van der Waals surface area contributed by atoms with Gasteiger partial charge in [-0.05, 0) is 122 Å². The van der Waals surface area contributed by atoms with Crippen LogP contribution in [-0.4, -0.2) is 68.5 Å². The molecule has 2 N–H and O–H groups in total. The van der Waals surface area contributed by atoms with Crippen LogP contribution in [-0.2, 0) is 18.4 Å². The highest BCUT2D eigenvalue weighted by atomic mass is 31.2. The van der Waals surface area contributed by atoms with E-state index in [1.807, 2.05) is 27.2 Å². The van der Waals surface area contributed by atoms with Crippen molar-refractivity contribution in [2.24, 2.45) is 0 Å². The molecule has 1 amide bonds. The number of quaternary nitrogens is 1. The fourth-order valence-corrected chi connectivity index (χ4v) is 10.4. The van der Waals surface area contributed by atoms with Crippen molar-refractivity contribution in [3.05, 3.63) is 158 Å². The molecular formula is C79H135N2O6P. The molecule has 0 spiro atoms. The van der Waals surface area contributed by atoms with Crippen LogP contribution in [0.25, 0.3) is 0 Å². The van der Waals surface area contributed by atoms with E-state index >= 15 is 0 Å². The van der Waals surface area contributed by atoms with Crippen LogP contribution in [0.4, 0.5) is 0 Å². The highest BCUT2D eigenvalue weighted by Gasteiger charge is 2.23. The van der Waals surface area contributed by atoms with Crippen molar-refractivity contribution in [3.8, 4) is 0 Å². The maximum Gasteiger partial charge on any atom is 0.268 e. The van der Waals surface area contributed by atoms with Crippen molar-refractivity contribution in [3.63, 3.8) is 0 Å². The van der Waals surface area contributed by atoms with Gasteiger partial charge in [0.25, 0.3) is 7.82 Å². The molecule has 0 saturated carbocycles. The molecule has 0 aromatic rings. The van der Waals surface area contributed by atoms with E-state index in [0.717, 1.165) is 122 Å². The van der Waals surface area contributed by atoms with Gasteiger partial charge in [0.15, 0.2) is 0 Å². The number of hydrogen-bond acceptors (Lipinski definition) is 6. The van der Waals surface area contributed by atoms with E-state index in [-0.39, 0.29) is 12.5 Å². The Morgan fingerprint density at radius 2 is 0.705 bits per heavy atom. The first-order chi connectivity index (χ1) is 43.0. The topological polar surface area (TPSA) is 108 Å². The highest BCUT2D eigenvalue weighted by molar-refractivity contribution is 7.45. The summed E-state index contributed by atoms with van der Waals surface area (Å²) in [5.74, 6) is -0.220. The summed E-state index contributed by atoms with van der Waals surface area (Å²) in [7, 11) is 1.22. The Bertz CT molecular complexity index is 1990. The molecule has 3 unspecified atom stereocenters. The predicted molar refractivity (Wildman–Crippen MR) is 384 cm³/mol. The molecule has 0 aliphatic carbocycles. The van der Waals surface area contributed by atoms with Crippen LogP contribution >= 0.6 is 7.82 Å². The van der Waals surface area contributed by atoms with Gasteiger partial charge in [-0.1, -0.05) is 313 Å². The molecule has 502 valence electrons. The summed E-state index contributed by atoms with van der Waals surface area (Å²) in [4.78, 5) is 25.6. The van der Waals surface area contributed by atoms with Crippen LogP contribution in [0.5, 0.6) is 0 Å². The van der Waals surface area contributed by atoms with Gasteiger partial charge in [-0.2, -0.15) is 0 Å². The zero-order chi connectivity index (χ0) is 64.1. The van der Waals surface area contributed by atoms with Gasteiger partial charge in [-0.25, -0.2) is 0 Å². The SMILES string of the molecule is CC/C=C\C/C=C\C/C=C\C/C=C\C/C=C\C/C=C\C/C=C\C/C=C\C/C=C\C/C=C\CCCCCCCCCCCCC(=O)NC(COP(=O)([O-])OCC[N+](C)(C)C)C(O)/C=C/CC/C=C/CC/C=C/CCCCCCCCCCCCCCCCC. The number of amides is 1. The lowest BCUT2D eigenvalue weighted by molar-refractivity contribution is -0.870. The molecule has 0 aromatic carbocycles. The van der Waals surface area contributed by atoms with Crippen molar-refractivity contribution < 1.29 is 32.9 Å². The monoisotopic (exact) mass is 1240 g/mol. The number of aliphatic hydroxyl groups excluding tert-OH is 1. The molecule has 0 bridgehead atoms. The van der Waals surface area contributed by atoms with Crippen LogP contribution in [0, 0.1) is 0 Å². The van der Waals surface area contributed by atoms with Crippen LogP contribution in [0.15, 0.2) is 158 Å².